The Morgan fingerprint density at radius 1 is 1.42 bits per heavy atom. The number of hydrogen-bond acceptors (Lipinski definition) is 4. The minimum absolute atomic E-state index is 0.00157. The molecule has 1 heterocycles. The number of oxime groups is 1. The van der Waals surface area contributed by atoms with Crippen molar-refractivity contribution in [2.75, 3.05) is 19.8 Å². The average Bonchev–Trinajstić information content (AvgIpc) is 2.47. The first kappa shape index (κ1) is 14.1. The fourth-order valence-electron chi connectivity index (χ4n) is 3.13. The molecule has 108 valence electrons. The minimum Gasteiger partial charge on any atom is -0.409 e. The summed E-state index contributed by atoms with van der Waals surface area (Å²) in [6, 6.07) is 0.0477. The molecular weight excluding hydrogens is 246 g/mol. The maximum absolute atomic E-state index is 12.9. The van der Waals surface area contributed by atoms with Gasteiger partial charge in [-0.25, -0.2) is 0 Å². The number of carbonyl (C=O) groups excluding carboxylic acids is 1. The van der Waals surface area contributed by atoms with E-state index in [2.05, 4.69) is 5.16 Å². The molecule has 0 spiro atoms. The Kier molecular flexibility index (Phi) is 4.29. The fraction of sp³-hybridized carbons (Fsp3) is 0.846. The van der Waals surface area contributed by atoms with E-state index in [0.29, 0.717) is 32.6 Å². The van der Waals surface area contributed by atoms with E-state index in [0.717, 1.165) is 19.3 Å². The summed E-state index contributed by atoms with van der Waals surface area (Å²) in [6.07, 6.45) is 4.34. The maximum Gasteiger partial charge on any atom is 0.236 e. The van der Waals surface area contributed by atoms with E-state index in [1.165, 1.54) is 0 Å². The lowest BCUT2D eigenvalue weighted by Gasteiger charge is -2.42. The molecule has 6 heteroatoms. The van der Waals surface area contributed by atoms with Crippen molar-refractivity contribution in [3.05, 3.63) is 0 Å². The van der Waals surface area contributed by atoms with E-state index < -0.39 is 5.41 Å². The first-order valence-corrected chi connectivity index (χ1v) is 6.98. The third kappa shape index (κ3) is 2.54. The smallest absolute Gasteiger partial charge is 0.236 e. The van der Waals surface area contributed by atoms with E-state index in [-0.39, 0.29) is 17.8 Å². The lowest BCUT2D eigenvalue weighted by Crippen LogP contribution is -2.57. The van der Waals surface area contributed by atoms with Gasteiger partial charge in [-0.15, -0.1) is 0 Å². The van der Waals surface area contributed by atoms with Crippen LogP contribution in [0, 0.1) is 5.41 Å². The van der Waals surface area contributed by atoms with Crippen molar-refractivity contribution < 1.29 is 14.7 Å². The van der Waals surface area contributed by atoms with Crippen molar-refractivity contribution in [2.24, 2.45) is 16.3 Å². The largest absolute Gasteiger partial charge is 0.409 e. The molecule has 1 unspecified atom stereocenters. The molecule has 1 atom stereocenters. The third-order valence-corrected chi connectivity index (χ3v) is 4.34. The van der Waals surface area contributed by atoms with Crippen molar-refractivity contribution in [3.63, 3.8) is 0 Å². The van der Waals surface area contributed by atoms with Gasteiger partial charge in [-0.2, -0.15) is 0 Å². The van der Waals surface area contributed by atoms with Crippen LogP contribution in [-0.4, -0.2) is 47.7 Å². The highest BCUT2D eigenvalue weighted by Gasteiger charge is 2.47. The molecule has 1 aliphatic heterocycles. The summed E-state index contributed by atoms with van der Waals surface area (Å²) in [5.41, 5.74) is 5.05. The van der Waals surface area contributed by atoms with Crippen molar-refractivity contribution in [2.45, 2.75) is 45.1 Å². The number of carbonyl (C=O) groups is 1. The maximum atomic E-state index is 12.9. The van der Waals surface area contributed by atoms with E-state index >= 15 is 0 Å². The zero-order chi connectivity index (χ0) is 13.9. The van der Waals surface area contributed by atoms with Crippen LogP contribution in [0.3, 0.4) is 0 Å². The molecule has 0 radical (unpaired) electrons. The van der Waals surface area contributed by atoms with Crippen molar-refractivity contribution in [3.8, 4) is 0 Å². The van der Waals surface area contributed by atoms with Gasteiger partial charge in [0.1, 0.15) is 5.41 Å². The summed E-state index contributed by atoms with van der Waals surface area (Å²) in [4.78, 5) is 14.7. The van der Waals surface area contributed by atoms with Crippen LogP contribution >= 0.6 is 0 Å². The number of hydrogen-bond donors (Lipinski definition) is 2. The Bertz CT molecular complexity index is 364. The number of amides is 1. The molecule has 2 rings (SSSR count). The quantitative estimate of drug-likeness (QED) is 0.338. The number of morpholine rings is 1. The molecule has 0 aromatic carbocycles. The van der Waals surface area contributed by atoms with E-state index in [1.54, 1.807) is 0 Å². The van der Waals surface area contributed by atoms with Gasteiger partial charge in [0.2, 0.25) is 5.91 Å². The Morgan fingerprint density at radius 2 is 2.11 bits per heavy atom. The second-order valence-corrected chi connectivity index (χ2v) is 5.55. The number of rotatable bonds is 2. The van der Waals surface area contributed by atoms with Crippen LogP contribution < -0.4 is 5.73 Å². The van der Waals surface area contributed by atoms with E-state index in [4.69, 9.17) is 15.7 Å². The Morgan fingerprint density at radius 3 is 2.68 bits per heavy atom. The molecule has 1 saturated carbocycles. The van der Waals surface area contributed by atoms with Crippen molar-refractivity contribution in [1.29, 1.82) is 0 Å². The Labute approximate surface area is 113 Å². The van der Waals surface area contributed by atoms with Crippen LogP contribution in [0.15, 0.2) is 5.16 Å². The molecular formula is C13H23N3O3. The van der Waals surface area contributed by atoms with Crippen molar-refractivity contribution in [1.82, 2.24) is 4.90 Å². The summed E-state index contributed by atoms with van der Waals surface area (Å²) in [5, 5.41) is 12.2. The zero-order valence-electron chi connectivity index (χ0n) is 11.5. The molecule has 1 saturated heterocycles. The molecule has 19 heavy (non-hydrogen) atoms. The molecule has 0 aromatic heterocycles. The predicted molar refractivity (Wildman–Crippen MR) is 70.9 cm³/mol. The summed E-state index contributed by atoms with van der Waals surface area (Å²) in [7, 11) is 0. The van der Waals surface area contributed by atoms with Crippen LogP contribution in [-0.2, 0) is 9.53 Å². The van der Waals surface area contributed by atoms with Crippen LogP contribution in [0.1, 0.15) is 39.0 Å². The van der Waals surface area contributed by atoms with Gasteiger partial charge in [0.15, 0.2) is 5.84 Å². The minimum atomic E-state index is -0.807. The Hall–Kier alpha value is -1.30. The van der Waals surface area contributed by atoms with Gasteiger partial charge in [0.25, 0.3) is 0 Å². The van der Waals surface area contributed by atoms with Gasteiger partial charge in [0.05, 0.1) is 19.3 Å². The predicted octanol–water partition coefficient (Wildman–Crippen LogP) is 0.931. The normalized spacial score (nSPS) is 28.2. The van der Waals surface area contributed by atoms with E-state index in [1.807, 2.05) is 11.8 Å². The van der Waals surface area contributed by atoms with Crippen molar-refractivity contribution >= 4 is 11.7 Å². The molecule has 2 fully saturated rings. The molecule has 0 bridgehead atoms. The SMILES string of the molecule is CC1COCCN1C(=O)C1(C(N)=NO)CCCCC1. The third-order valence-electron chi connectivity index (χ3n) is 4.34. The average molecular weight is 269 g/mol. The molecule has 1 aliphatic carbocycles. The second-order valence-electron chi connectivity index (χ2n) is 5.55. The highest BCUT2D eigenvalue weighted by molar-refractivity contribution is 6.06. The standard InChI is InChI=1S/C13H23N3O3/c1-10-9-19-8-7-16(10)12(17)13(11(14)15-18)5-3-2-4-6-13/h10,18H,2-9H2,1H3,(H2,14,15). The van der Waals surface area contributed by atoms with Crippen LogP contribution in [0.5, 0.6) is 0 Å². The summed E-state index contributed by atoms with van der Waals surface area (Å²) < 4.78 is 5.36. The first-order valence-electron chi connectivity index (χ1n) is 6.98. The van der Waals surface area contributed by atoms with Gasteiger partial charge >= 0.3 is 0 Å². The topological polar surface area (TPSA) is 88.2 Å². The number of nitrogens with two attached hydrogens (primary N) is 1. The van der Waals surface area contributed by atoms with Gasteiger partial charge in [-0.05, 0) is 19.8 Å². The van der Waals surface area contributed by atoms with Gasteiger partial charge < -0.3 is 20.6 Å². The van der Waals surface area contributed by atoms with Crippen LogP contribution in [0.4, 0.5) is 0 Å². The first-order chi connectivity index (χ1) is 9.12. The van der Waals surface area contributed by atoms with Crippen LogP contribution in [0.25, 0.3) is 0 Å². The van der Waals surface area contributed by atoms with E-state index in [9.17, 15) is 4.79 Å². The van der Waals surface area contributed by atoms with Crippen LogP contribution in [0.2, 0.25) is 0 Å². The summed E-state index contributed by atoms with van der Waals surface area (Å²) in [5.74, 6) is 0.0641. The van der Waals surface area contributed by atoms with Gasteiger partial charge in [0, 0.05) is 6.54 Å². The fourth-order valence-corrected chi connectivity index (χ4v) is 3.13. The molecule has 0 aromatic rings. The molecule has 3 N–H and O–H groups in total. The molecule has 1 amide bonds. The van der Waals surface area contributed by atoms with Gasteiger partial charge in [-0.3, -0.25) is 4.79 Å². The number of ether oxygens (including phenoxy) is 1. The molecule has 6 nitrogen and oxygen atoms in total. The summed E-state index contributed by atoms with van der Waals surface area (Å²) in [6.45, 7) is 3.67. The molecule has 2 aliphatic rings. The second kappa shape index (κ2) is 5.77. The zero-order valence-corrected chi connectivity index (χ0v) is 11.5. The number of amidine groups is 1. The Balaban J connectivity index is 2.24. The summed E-state index contributed by atoms with van der Waals surface area (Å²) >= 11 is 0. The highest BCUT2D eigenvalue weighted by Crippen LogP contribution is 2.39. The number of nitrogens with zero attached hydrogens (tertiary/aromatic N) is 2. The lowest BCUT2D eigenvalue weighted by molar-refractivity contribution is -0.148. The highest BCUT2D eigenvalue weighted by atomic mass is 16.5. The monoisotopic (exact) mass is 269 g/mol. The lowest BCUT2D eigenvalue weighted by atomic mass is 9.71. The van der Waals surface area contributed by atoms with Gasteiger partial charge in [-0.1, -0.05) is 24.4 Å².